The number of carbonyl (C=O) groups excluding carboxylic acids is 2. The van der Waals surface area contributed by atoms with Crippen molar-refractivity contribution in [1.29, 1.82) is 0 Å². The number of aliphatic hydroxyl groups is 1. The quantitative estimate of drug-likeness (QED) is 0.361. The molecular weight excluding hydrogens is 410 g/mol. The van der Waals surface area contributed by atoms with E-state index in [1.54, 1.807) is 36.4 Å². The molecule has 2 heterocycles. The molecule has 1 N–H and O–H groups in total. The number of furan rings is 1. The highest BCUT2D eigenvalue weighted by Crippen LogP contribution is 2.45. The SMILES string of the molecule is COc1cccc(OC)c1/C(O)=C1\C(=O)C(=O)N(c2ccc(C)cc2C)C1c1ccco1. The first-order valence-electron chi connectivity index (χ1n) is 10.0. The number of hydrogen-bond acceptors (Lipinski definition) is 6. The van der Waals surface area contributed by atoms with E-state index in [0.717, 1.165) is 11.1 Å². The average molecular weight is 433 g/mol. The van der Waals surface area contributed by atoms with E-state index >= 15 is 0 Å². The molecule has 1 fully saturated rings. The van der Waals surface area contributed by atoms with Crippen molar-refractivity contribution in [2.24, 2.45) is 0 Å². The highest BCUT2D eigenvalue weighted by molar-refractivity contribution is 6.51. The first kappa shape index (κ1) is 21.2. The van der Waals surface area contributed by atoms with Crippen LogP contribution < -0.4 is 14.4 Å². The normalized spacial score (nSPS) is 17.6. The van der Waals surface area contributed by atoms with Crippen molar-refractivity contribution in [3.63, 3.8) is 0 Å². The van der Waals surface area contributed by atoms with Gasteiger partial charge in [-0.3, -0.25) is 14.5 Å². The van der Waals surface area contributed by atoms with Gasteiger partial charge in [-0.15, -0.1) is 0 Å². The minimum absolute atomic E-state index is 0.104. The molecule has 32 heavy (non-hydrogen) atoms. The van der Waals surface area contributed by atoms with Crippen LogP contribution in [0, 0.1) is 13.8 Å². The Labute approximate surface area is 185 Å². The van der Waals surface area contributed by atoms with Gasteiger partial charge in [-0.2, -0.15) is 0 Å². The Morgan fingerprint density at radius 1 is 1.00 bits per heavy atom. The molecule has 1 aromatic heterocycles. The van der Waals surface area contributed by atoms with Gasteiger partial charge in [-0.25, -0.2) is 0 Å². The largest absolute Gasteiger partial charge is 0.506 e. The van der Waals surface area contributed by atoms with Crippen LogP contribution in [0.2, 0.25) is 0 Å². The van der Waals surface area contributed by atoms with E-state index in [4.69, 9.17) is 13.9 Å². The Morgan fingerprint density at radius 3 is 2.25 bits per heavy atom. The Balaban J connectivity index is 2.00. The number of aryl methyl sites for hydroxylation is 2. The summed E-state index contributed by atoms with van der Waals surface area (Å²) in [7, 11) is 2.90. The van der Waals surface area contributed by atoms with E-state index < -0.39 is 23.5 Å². The lowest BCUT2D eigenvalue weighted by Gasteiger charge is -2.25. The molecule has 1 saturated heterocycles. The lowest BCUT2D eigenvalue weighted by Crippen LogP contribution is -2.30. The van der Waals surface area contributed by atoms with E-state index in [9.17, 15) is 14.7 Å². The third-order valence-corrected chi connectivity index (χ3v) is 5.53. The molecule has 164 valence electrons. The summed E-state index contributed by atoms with van der Waals surface area (Å²) in [4.78, 5) is 27.8. The number of hydrogen-bond donors (Lipinski definition) is 1. The second-order valence-electron chi connectivity index (χ2n) is 7.51. The maximum atomic E-state index is 13.3. The van der Waals surface area contributed by atoms with Gasteiger partial charge in [0, 0.05) is 5.69 Å². The molecule has 1 atom stereocenters. The summed E-state index contributed by atoms with van der Waals surface area (Å²) < 4.78 is 16.4. The van der Waals surface area contributed by atoms with Crippen LogP contribution in [0.5, 0.6) is 11.5 Å². The number of ketones is 1. The number of benzene rings is 2. The van der Waals surface area contributed by atoms with Crippen LogP contribution in [0.3, 0.4) is 0 Å². The fraction of sp³-hybridized carbons (Fsp3) is 0.200. The van der Waals surface area contributed by atoms with Crippen LogP contribution in [0.15, 0.2) is 64.8 Å². The summed E-state index contributed by atoms with van der Waals surface area (Å²) in [6.07, 6.45) is 1.46. The Bertz CT molecular complexity index is 1200. The summed E-state index contributed by atoms with van der Waals surface area (Å²) >= 11 is 0. The maximum absolute atomic E-state index is 13.3. The number of ether oxygens (including phenoxy) is 2. The van der Waals surface area contributed by atoms with Crippen LogP contribution >= 0.6 is 0 Å². The maximum Gasteiger partial charge on any atom is 0.300 e. The first-order chi connectivity index (χ1) is 15.4. The predicted octanol–water partition coefficient (Wildman–Crippen LogP) is 4.54. The molecule has 3 aromatic rings. The van der Waals surface area contributed by atoms with Gasteiger partial charge in [0.05, 0.1) is 26.1 Å². The van der Waals surface area contributed by atoms with Gasteiger partial charge in [0.25, 0.3) is 11.7 Å². The molecule has 0 saturated carbocycles. The predicted molar refractivity (Wildman–Crippen MR) is 119 cm³/mol. The van der Waals surface area contributed by atoms with Crippen LogP contribution in [0.1, 0.15) is 28.5 Å². The molecule has 1 unspecified atom stereocenters. The standard InChI is InChI=1S/C25H23NO6/c1-14-10-11-16(15(2)13-14)26-22(19-9-6-12-32-19)21(24(28)25(26)29)23(27)20-17(30-3)7-5-8-18(20)31-4/h5-13,22,27H,1-4H3/b23-21+. The van der Waals surface area contributed by atoms with Gasteiger partial charge in [0.2, 0.25) is 0 Å². The molecule has 0 bridgehead atoms. The van der Waals surface area contributed by atoms with Gasteiger partial charge in [-0.1, -0.05) is 23.8 Å². The molecule has 1 amide bonds. The van der Waals surface area contributed by atoms with E-state index in [-0.39, 0.29) is 11.1 Å². The second-order valence-corrected chi connectivity index (χ2v) is 7.51. The van der Waals surface area contributed by atoms with Gasteiger partial charge < -0.3 is 19.0 Å². The minimum atomic E-state index is -0.957. The summed E-state index contributed by atoms with van der Waals surface area (Å²) in [5.74, 6) is -1.02. The number of aliphatic hydroxyl groups excluding tert-OH is 1. The van der Waals surface area contributed by atoms with E-state index in [1.165, 1.54) is 25.4 Å². The smallest absolute Gasteiger partial charge is 0.300 e. The molecular formula is C25H23NO6. The number of rotatable bonds is 5. The zero-order valence-corrected chi connectivity index (χ0v) is 18.2. The van der Waals surface area contributed by atoms with Crippen LogP contribution in [0.25, 0.3) is 5.76 Å². The molecule has 0 radical (unpaired) electrons. The summed E-state index contributed by atoms with van der Waals surface area (Å²) in [5, 5.41) is 11.4. The fourth-order valence-corrected chi connectivity index (χ4v) is 4.09. The fourth-order valence-electron chi connectivity index (χ4n) is 4.09. The van der Waals surface area contributed by atoms with Crippen molar-refractivity contribution in [2.45, 2.75) is 19.9 Å². The molecule has 0 aliphatic carbocycles. The highest BCUT2D eigenvalue weighted by Gasteiger charge is 2.49. The lowest BCUT2D eigenvalue weighted by molar-refractivity contribution is -0.132. The van der Waals surface area contributed by atoms with Crippen molar-refractivity contribution in [2.75, 3.05) is 19.1 Å². The molecule has 1 aliphatic heterocycles. The number of amides is 1. The minimum Gasteiger partial charge on any atom is -0.506 e. The monoisotopic (exact) mass is 433 g/mol. The van der Waals surface area contributed by atoms with Gasteiger partial charge in [0.15, 0.2) is 0 Å². The van der Waals surface area contributed by atoms with Crippen LogP contribution in [0.4, 0.5) is 5.69 Å². The molecule has 7 nitrogen and oxygen atoms in total. The van der Waals surface area contributed by atoms with Gasteiger partial charge >= 0.3 is 0 Å². The third-order valence-electron chi connectivity index (χ3n) is 5.53. The molecule has 0 spiro atoms. The zero-order chi connectivity index (χ0) is 23.0. The zero-order valence-electron chi connectivity index (χ0n) is 18.2. The van der Waals surface area contributed by atoms with Crippen LogP contribution in [-0.2, 0) is 9.59 Å². The van der Waals surface area contributed by atoms with Crippen molar-refractivity contribution < 1.29 is 28.6 Å². The summed E-state index contributed by atoms with van der Waals surface area (Å²) in [5.41, 5.74) is 2.49. The van der Waals surface area contributed by atoms with Crippen molar-refractivity contribution in [3.8, 4) is 11.5 Å². The molecule has 7 heteroatoms. The topological polar surface area (TPSA) is 89.2 Å². The number of Topliss-reactive ketones (excluding diaryl/α,β-unsaturated/α-hetero) is 1. The van der Waals surface area contributed by atoms with E-state index in [1.807, 2.05) is 26.0 Å². The third kappa shape index (κ3) is 3.32. The van der Waals surface area contributed by atoms with Gasteiger partial charge in [0.1, 0.15) is 34.6 Å². The van der Waals surface area contributed by atoms with Crippen LogP contribution in [-0.4, -0.2) is 31.0 Å². The first-order valence-corrected chi connectivity index (χ1v) is 10.0. The van der Waals surface area contributed by atoms with Crippen molar-refractivity contribution in [1.82, 2.24) is 0 Å². The van der Waals surface area contributed by atoms with Gasteiger partial charge in [-0.05, 0) is 49.7 Å². The lowest BCUT2D eigenvalue weighted by atomic mass is 9.97. The van der Waals surface area contributed by atoms with E-state index in [0.29, 0.717) is 22.9 Å². The summed E-state index contributed by atoms with van der Waals surface area (Å²) in [6, 6.07) is 12.9. The average Bonchev–Trinajstić information content (AvgIpc) is 3.40. The number of anilines is 1. The second kappa shape index (κ2) is 8.26. The number of carbonyl (C=O) groups is 2. The molecule has 2 aromatic carbocycles. The number of methoxy groups -OCH3 is 2. The molecule has 1 aliphatic rings. The Morgan fingerprint density at radius 2 is 1.69 bits per heavy atom. The van der Waals surface area contributed by atoms with Crippen molar-refractivity contribution in [3.05, 3.63) is 82.8 Å². The molecule has 4 rings (SSSR count). The Kier molecular flexibility index (Phi) is 5.48. The van der Waals surface area contributed by atoms with E-state index in [2.05, 4.69) is 0 Å². The highest BCUT2D eigenvalue weighted by atomic mass is 16.5. The summed E-state index contributed by atoms with van der Waals surface area (Å²) in [6.45, 7) is 3.81. The Hall–Kier alpha value is -4.00. The number of nitrogens with zero attached hydrogens (tertiary/aromatic N) is 1. The van der Waals surface area contributed by atoms with Crippen molar-refractivity contribution >= 4 is 23.1 Å².